The number of nitrogens with zero attached hydrogens (tertiary/aromatic N) is 1. The van der Waals surface area contributed by atoms with Crippen molar-refractivity contribution in [2.75, 3.05) is 25.6 Å². The Labute approximate surface area is 174 Å². The van der Waals surface area contributed by atoms with Crippen LogP contribution in [0.4, 0.5) is 5.00 Å². The van der Waals surface area contributed by atoms with Gasteiger partial charge in [0.2, 0.25) is 24.0 Å². The van der Waals surface area contributed by atoms with Gasteiger partial charge in [-0.25, -0.2) is 21.8 Å². The maximum atomic E-state index is 13.2. The van der Waals surface area contributed by atoms with Crippen molar-refractivity contribution in [3.63, 3.8) is 0 Å². The molecule has 0 atom stereocenters. The zero-order valence-corrected chi connectivity index (χ0v) is 18.3. The van der Waals surface area contributed by atoms with Crippen LogP contribution >= 0.6 is 11.3 Å². The second-order valence-corrected chi connectivity index (χ2v) is 11.2. The molecule has 3 aromatic rings. The summed E-state index contributed by atoms with van der Waals surface area (Å²) in [7, 11) is -6.44. The molecule has 0 aliphatic rings. The molecule has 10 heteroatoms. The summed E-state index contributed by atoms with van der Waals surface area (Å²) in [6.07, 6.45) is 0. The molecule has 0 saturated carbocycles. The van der Waals surface area contributed by atoms with Crippen LogP contribution in [-0.4, -0.2) is 42.1 Å². The minimum Gasteiger partial charge on any atom is -0.383 e. The van der Waals surface area contributed by atoms with Crippen molar-refractivity contribution >= 4 is 36.0 Å². The van der Waals surface area contributed by atoms with E-state index in [0.717, 1.165) is 16.9 Å². The molecule has 3 rings (SSSR count). The third-order valence-corrected chi connectivity index (χ3v) is 9.02. The smallest absolute Gasteiger partial charge is 0.233 e. The Hall–Kier alpha value is -2.27. The fourth-order valence-electron chi connectivity index (χ4n) is 2.49. The number of rotatable bonds is 8. The Kier molecular flexibility index (Phi) is 6.37. The van der Waals surface area contributed by atoms with Gasteiger partial charge < -0.3 is 10.1 Å². The highest BCUT2D eigenvalue weighted by molar-refractivity contribution is 7.94. The minimum absolute atomic E-state index is 0.0480. The summed E-state index contributed by atoms with van der Waals surface area (Å²) >= 11 is 0.792. The molecule has 0 amide bonds. The van der Waals surface area contributed by atoms with Crippen molar-refractivity contribution in [3.05, 3.63) is 60.2 Å². The summed E-state index contributed by atoms with van der Waals surface area (Å²) in [4.78, 5) is 4.15. The molecular weight excluding hydrogens is 432 g/mol. The number of hydrogen-bond acceptors (Lipinski definition) is 8. The van der Waals surface area contributed by atoms with Crippen LogP contribution in [0.3, 0.4) is 0 Å². The van der Waals surface area contributed by atoms with Crippen molar-refractivity contribution in [2.45, 2.75) is 26.1 Å². The Balaban J connectivity index is 2.11. The Morgan fingerprint density at radius 2 is 1.55 bits per heavy atom. The van der Waals surface area contributed by atoms with Gasteiger partial charge >= 0.3 is 0 Å². The highest BCUT2D eigenvalue weighted by Crippen LogP contribution is 2.36. The van der Waals surface area contributed by atoms with Crippen molar-refractivity contribution in [2.24, 2.45) is 0 Å². The molecular formula is C19H20N2O5S3. The Morgan fingerprint density at radius 3 is 2.17 bits per heavy atom. The highest BCUT2D eigenvalue weighted by Gasteiger charge is 2.31. The second-order valence-electron chi connectivity index (χ2n) is 6.17. The first-order chi connectivity index (χ1) is 13.8. The number of hydrogen-bond donors (Lipinski definition) is 1. The van der Waals surface area contributed by atoms with Gasteiger partial charge in [0.15, 0.2) is 5.03 Å². The first-order valence-electron chi connectivity index (χ1n) is 8.62. The van der Waals surface area contributed by atoms with Gasteiger partial charge in [0, 0.05) is 13.7 Å². The molecule has 1 N–H and O–H groups in total. The van der Waals surface area contributed by atoms with Crippen molar-refractivity contribution < 1.29 is 21.6 Å². The predicted molar refractivity (Wildman–Crippen MR) is 111 cm³/mol. The van der Waals surface area contributed by atoms with Crippen LogP contribution in [0.1, 0.15) is 5.56 Å². The lowest BCUT2D eigenvalue weighted by Gasteiger charge is -2.07. The molecule has 154 valence electrons. The number of methoxy groups -OCH3 is 1. The lowest BCUT2D eigenvalue weighted by Crippen LogP contribution is -2.11. The number of ether oxygens (including phenoxy) is 1. The number of aromatic nitrogens is 1. The average molecular weight is 453 g/mol. The van der Waals surface area contributed by atoms with Crippen molar-refractivity contribution in [3.8, 4) is 0 Å². The number of thiazole rings is 1. The monoisotopic (exact) mass is 452 g/mol. The average Bonchev–Trinajstić information content (AvgIpc) is 3.15. The number of anilines is 1. The van der Waals surface area contributed by atoms with Crippen LogP contribution < -0.4 is 5.32 Å². The van der Waals surface area contributed by atoms with E-state index in [2.05, 4.69) is 10.3 Å². The van der Waals surface area contributed by atoms with Gasteiger partial charge in [-0.1, -0.05) is 47.2 Å². The van der Waals surface area contributed by atoms with Gasteiger partial charge in [-0.3, -0.25) is 0 Å². The summed E-state index contributed by atoms with van der Waals surface area (Å²) in [5.41, 5.74) is 0.910. The fraction of sp³-hybridized carbons (Fsp3) is 0.211. The van der Waals surface area contributed by atoms with E-state index in [4.69, 9.17) is 4.74 Å². The molecule has 29 heavy (non-hydrogen) atoms. The quantitative estimate of drug-likeness (QED) is 0.524. The van der Waals surface area contributed by atoms with Gasteiger partial charge in [-0.05, 0) is 31.2 Å². The molecule has 0 bridgehead atoms. The Bertz CT molecular complexity index is 1190. The zero-order valence-electron chi connectivity index (χ0n) is 15.8. The molecule has 0 unspecified atom stereocenters. The van der Waals surface area contributed by atoms with E-state index in [1.165, 1.54) is 31.4 Å². The Morgan fingerprint density at radius 1 is 0.931 bits per heavy atom. The van der Waals surface area contributed by atoms with E-state index >= 15 is 0 Å². The molecule has 0 spiro atoms. The normalized spacial score (nSPS) is 12.1. The molecule has 0 fully saturated rings. The number of benzene rings is 2. The largest absolute Gasteiger partial charge is 0.383 e. The zero-order chi connectivity index (χ0) is 21.1. The topological polar surface area (TPSA) is 102 Å². The third-order valence-electron chi connectivity index (χ3n) is 4.04. The molecule has 0 radical (unpaired) electrons. The van der Waals surface area contributed by atoms with Gasteiger partial charge in [0.25, 0.3) is 0 Å². The molecule has 0 aliphatic heterocycles. The van der Waals surface area contributed by atoms with Gasteiger partial charge in [-0.15, -0.1) is 0 Å². The third kappa shape index (κ3) is 4.50. The lowest BCUT2D eigenvalue weighted by atomic mass is 10.2. The van der Waals surface area contributed by atoms with Crippen LogP contribution in [0.15, 0.2) is 73.8 Å². The number of nitrogens with one attached hydrogen (secondary N) is 1. The molecule has 0 saturated heterocycles. The summed E-state index contributed by atoms with van der Waals surface area (Å²) < 4.78 is 56.9. The molecule has 1 heterocycles. The van der Waals surface area contributed by atoms with Crippen LogP contribution in [0.5, 0.6) is 0 Å². The van der Waals surface area contributed by atoms with Crippen LogP contribution in [0, 0.1) is 6.92 Å². The van der Waals surface area contributed by atoms with E-state index in [-0.39, 0.29) is 24.2 Å². The molecule has 1 aromatic heterocycles. The van der Waals surface area contributed by atoms with Crippen molar-refractivity contribution in [1.29, 1.82) is 0 Å². The predicted octanol–water partition coefficient (Wildman–Crippen LogP) is 3.18. The number of aryl methyl sites for hydroxylation is 1. The minimum atomic E-state index is -4.01. The van der Waals surface area contributed by atoms with Crippen LogP contribution in [-0.2, 0) is 24.4 Å². The van der Waals surface area contributed by atoms with Gasteiger partial charge in [-0.2, -0.15) is 0 Å². The SMILES string of the molecule is COCCNc1sc(S(=O)(=O)c2ccccc2)nc1S(=O)(=O)c1ccc(C)cc1. The van der Waals surface area contributed by atoms with Crippen molar-refractivity contribution in [1.82, 2.24) is 4.98 Å². The van der Waals surface area contributed by atoms with E-state index in [1.807, 2.05) is 6.92 Å². The van der Waals surface area contributed by atoms with E-state index in [9.17, 15) is 16.8 Å². The van der Waals surface area contributed by atoms with Gasteiger partial charge in [0.1, 0.15) is 5.00 Å². The first-order valence-corrected chi connectivity index (χ1v) is 12.4. The lowest BCUT2D eigenvalue weighted by molar-refractivity contribution is 0.211. The van der Waals surface area contributed by atoms with Crippen LogP contribution in [0.2, 0.25) is 0 Å². The van der Waals surface area contributed by atoms with E-state index in [0.29, 0.717) is 13.2 Å². The highest BCUT2D eigenvalue weighted by atomic mass is 32.2. The summed E-state index contributed by atoms with van der Waals surface area (Å²) in [6, 6.07) is 14.1. The maximum Gasteiger partial charge on any atom is 0.233 e. The molecule has 7 nitrogen and oxygen atoms in total. The molecule has 2 aromatic carbocycles. The van der Waals surface area contributed by atoms with Gasteiger partial charge in [0.05, 0.1) is 16.4 Å². The summed E-state index contributed by atoms with van der Waals surface area (Å²) in [5, 5.41) is 2.79. The van der Waals surface area contributed by atoms with E-state index in [1.54, 1.807) is 30.3 Å². The van der Waals surface area contributed by atoms with E-state index < -0.39 is 19.7 Å². The fourth-order valence-corrected chi connectivity index (χ4v) is 6.83. The standard InChI is InChI=1S/C19H20N2O5S3/c1-14-8-10-16(11-9-14)28(22,23)18-17(20-12-13-26-2)27-19(21-18)29(24,25)15-6-4-3-5-7-15/h3-11,20H,12-13H2,1-2H3. The van der Waals surface area contributed by atoms with Crippen LogP contribution in [0.25, 0.3) is 0 Å². The second kappa shape index (κ2) is 8.62. The molecule has 0 aliphatic carbocycles. The summed E-state index contributed by atoms with van der Waals surface area (Å²) in [5.74, 6) is 0. The first kappa shape index (κ1) is 21.4. The maximum absolute atomic E-state index is 13.2. The summed E-state index contributed by atoms with van der Waals surface area (Å²) in [6.45, 7) is 2.48. The number of sulfone groups is 2.